The van der Waals surface area contributed by atoms with Crippen LogP contribution in [0.1, 0.15) is 22.2 Å². The lowest BCUT2D eigenvalue weighted by atomic mass is 10.2. The maximum atomic E-state index is 12.5. The van der Waals surface area contributed by atoms with Crippen molar-refractivity contribution in [3.8, 4) is 0 Å². The molecule has 5 nitrogen and oxygen atoms in total. The summed E-state index contributed by atoms with van der Waals surface area (Å²) < 4.78 is 0. The molecule has 0 bridgehead atoms. The van der Waals surface area contributed by atoms with Crippen molar-refractivity contribution in [1.29, 1.82) is 0 Å². The minimum atomic E-state index is -0.372. The zero-order chi connectivity index (χ0) is 16.2. The van der Waals surface area contributed by atoms with Crippen LogP contribution in [0.5, 0.6) is 0 Å². The van der Waals surface area contributed by atoms with Gasteiger partial charge in [-0.1, -0.05) is 36.0 Å². The summed E-state index contributed by atoms with van der Waals surface area (Å²) in [6.45, 7) is 1.85. The summed E-state index contributed by atoms with van der Waals surface area (Å²) >= 11 is 2.79. The van der Waals surface area contributed by atoms with E-state index in [1.165, 1.54) is 11.8 Å². The molecule has 0 aliphatic carbocycles. The minimum absolute atomic E-state index is 0.199. The Kier molecular flexibility index (Phi) is 4.68. The third-order valence-electron chi connectivity index (χ3n) is 3.15. The molecular formula is C16H13N3O2S2. The summed E-state index contributed by atoms with van der Waals surface area (Å²) in [5.74, 6) is -0.444. The van der Waals surface area contributed by atoms with Crippen LogP contribution in [-0.4, -0.2) is 33.3 Å². The lowest BCUT2D eigenvalue weighted by molar-refractivity contribution is -0.122. The average Bonchev–Trinajstić information content (AvgIpc) is 3.23. The molecular weight excluding hydrogens is 330 g/mol. The van der Waals surface area contributed by atoms with Crippen molar-refractivity contribution in [2.24, 2.45) is 10.2 Å². The van der Waals surface area contributed by atoms with Gasteiger partial charge in [-0.05, 0) is 30.5 Å². The van der Waals surface area contributed by atoms with Crippen LogP contribution in [0.4, 0.5) is 0 Å². The first-order chi connectivity index (χ1) is 11.2. The Morgan fingerprint density at radius 3 is 2.65 bits per heavy atom. The van der Waals surface area contributed by atoms with Gasteiger partial charge in [-0.15, -0.1) is 16.4 Å². The molecule has 7 heteroatoms. The van der Waals surface area contributed by atoms with Crippen LogP contribution in [0.2, 0.25) is 0 Å². The van der Waals surface area contributed by atoms with Gasteiger partial charge in [-0.2, -0.15) is 5.10 Å². The first-order valence-electron chi connectivity index (χ1n) is 6.88. The third-order valence-corrected chi connectivity index (χ3v) is 5.04. The summed E-state index contributed by atoms with van der Waals surface area (Å²) in [5.41, 5.74) is 1.20. The molecule has 2 amide bonds. The smallest absolute Gasteiger partial charge is 0.266 e. The van der Waals surface area contributed by atoms with E-state index in [1.54, 1.807) is 35.6 Å². The zero-order valence-corrected chi connectivity index (χ0v) is 13.9. The Morgan fingerprint density at radius 2 is 1.96 bits per heavy atom. The van der Waals surface area contributed by atoms with Crippen molar-refractivity contribution in [1.82, 2.24) is 4.90 Å². The molecule has 0 saturated carbocycles. The van der Waals surface area contributed by atoms with Crippen molar-refractivity contribution < 1.29 is 9.59 Å². The van der Waals surface area contributed by atoms with Gasteiger partial charge in [0, 0.05) is 5.56 Å². The van der Waals surface area contributed by atoms with Gasteiger partial charge >= 0.3 is 0 Å². The Hall–Kier alpha value is -2.25. The molecule has 2 aromatic rings. The number of hydrogen-bond donors (Lipinski definition) is 0. The van der Waals surface area contributed by atoms with Gasteiger partial charge < -0.3 is 0 Å². The second-order valence-electron chi connectivity index (χ2n) is 4.73. The molecule has 1 fully saturated rings. The fourth-order valence-electron chi connectivity index (χ4n) is 2.00. The fourth-order valence-corrected chi connectivity index (χ4v) is 3.46. The molecule has 1 aliphatic heterocycles. The summed E-state index contributed by atoms with van der Waals surface area (Å²) in [4.78, 5) is 26.6. The van der Waals surface area contributed by atoms with Crippen molar-refractivity contribution in [3.63, 3.8) is 0 Å². The molecule has 0 N–H and O–H groups in total. The molecule has 0 atom stereocenters. The number of rotatable bonds is 3. The van der Waals surface area contributed by atoms with E-state index >= 15 is 0 Å². The van der Waals surface area contributed by atoms with Crippen LogP contribution in [0.15, 0.2) is 58.0 Å². The van der Waals surface area contributed by atoms with Crippen LogP contribution in [0, 0.1) is 0 Å². The minimum Gasteiger partial charge on any atom is -0.273 e. The van der Waals surface area contributed by atoms with E-state index in [9.17, 15) is 9.59 Å². The van der Waals surface area contributed by atoms with Gasteiger partial charge in [0.2, 0.25) is 5.91 Å². The van der Waals surface area contributed by atoms with E-state index in [-0.39, 0.29) is 17.6 Å². The van der Waals surface area contributed by atoms with Crippen LogP contribution >= 0.6 is 23.1 Å². The summed E-state index contributed by atoms with van der Waals surface area (Å²) in [6.07, 6.45) is 0. The van der Waals surface area contributed by atoms with E-state index in [1.807, 2.05) is 30.5 Å². The third kappa shape index (κ3) is 3.40. The molecule has 0 spiro atoms. The van der Waals surface area contributed by atoms with E-state index in [2.05, 4.69) is 10.2 Å². The normalized spacial score (nSPS) is 17.1. The summed E-state index contributed by atoms with van der Waals surface area (Å²) in [5, 5.41) is 10.6. The zero-order valence-electron chi connectivity index (χ0n) is 12.3. The summed E-state index contributed by atoms with van der Waals surface area (Å²) in [6, 6.07) is 12.6. The van der Waals surface area contributed by atoms with Crippen LogP contribution in [0.25, 0.3) is 0 Å². The highest BCUT2D eigenvalue weighted by atomic mass is 32.2. The average molecular weight is 343 g/mol. The predicted molar refractivity (Wildman–Crippen MR) is 94.0 cm³/mol. The van der Waals surface area contributed by atoms with Gasteiger partial charge in [0.15, 0.2) is 5.17 Å². The van der Waals surface area contributed by atoms with E-state index in [0.29, 0.717) is 10.7 Å². The number of benzene rings is 1. The van der Waals surface area contributed by atoms with E-state index in [0.717, 1.165) is 15.5 Å². The van der Waals surface area contributed by atoms with Crippen molar-refractivity contribution >= 4 is 45.8 Å². The highest BCUT2D eigenvalue weighted by Gasteiger charge is 2.34. The molecule has 1 aromatic carbocycles. The van der Waals surface area contributed by atoms with E-state index < -0.39 is 0 Å². The van der Waals surface area contributed by atoms with Crippen LogP contribution < -0.4 is 0 Å². The molecule has 23 heavy (non-hydrogen) atoms. The van der Waals surface area contributed by atoms with Crippen LogP contribution in [-0.2, 0) is 4.79 Å². The molecule has 3 rings (SSSR count). The first-order valence-corrected chi connectivity index (χ1v) is 8.74. The first kappa shape index (κ1) is 15.6. The van der Waals surface area contributed by atoms with Crippen molar-refractivity contribution in [2.75, 3.05) is 5.75 Å². The van der Waals surface area contributed by atoms with Gasteiger partial charge in [0.25, 0.3) is 5.91 Å². The van der Waals surface area contributed by atoms with Crippen molar-refractivity contribution in [2.45, 2.75) is 6.92 Å². The monoisotopic (exact) mass is 343 g/mol. The lowest BCUT2D eigenvalue weighted by Gasteiger charge is -2.13. The topological polar surface area (TPSA) is 62.1 Å². The quantitative estimate of drug-likeness (QED) is 0.488. The maximum Gasteiger partial charge on any atom is 0.266 e. The molecule has 0 radical (unpaired) electrons. The molecule has 1 saturated heterocycles. The SMILES string of the molecule is C/C(=N/N=C1/SCC(=O)N1C(=O)c1ccccc1)c1cccs1. The Morgan fingerprint density at radius 1 is 1.17 bits per heavy atom. The number of amidine groups is 1. The molecule has 1 aromatic heterocycles. The Balaban J connectivity index is 1.87. The highest BCUT2D eigenvalue weighted by molar-refractivity contribution is 8.15. The second-order valence-corrected chi connectivity index (χ2v) is 6.62. The Bertz CT molecular complexity index is 783. The fraction of sp³-hybridized carbons (Fsp3) is 0.125. The van der Waals surface area contributed by atoms with Crippen molar-refractivity contribution in [3.05, 3.63) is 58.3 Å². The number of thioether (sulfide) groups is 1. The molecule has 116 valence electrons. The molecule has 1 aliphatic rings. The van der Waals surface area contributed by atoms with E-state index in [4.69, 9.17) is 0 Å². The van der Waals surface area contributed by atoms with Gasteiger partial charge in [-0.3, -0.25) is 9.59 Å². The number of thiophene rings is 1. The lowest BCUT2D eigenvalue weighted by Crippen LogP contribution is -2.35. The number of hydrogen-bond acceptors (Lipinski definition) is 6. The summed E-state index contributed by atoms with van der Waals surface area (Å²) in [7, 11) is 0. The predicted octanol–water partition coefficient (Wildman–Crippen LogP) is 3.24. The number of amides is 2. The second kappa shape index (κ2) is 6.89. The molecule has 0 unspecified atom stereocenters. The largest absolute Gasteiger partial charge is 0.273 e. The highest BCUT2D eigenvalue weighted by Crippen LogP contribution is 2.22. The Labute approximate surface area is 141 Å². The van der Waals surface area contributed by atoms with Gasteiger partial charge in [0.05, 0.1) is 16.3 Å². The number of imide groups is 1. The van der Waals surface area contributed by atoms with Gasteiger partial charge in [-0.25, -0.2) is 4.90 Å². The molecule has 2 heterocycles. The standard InChI is InChI=1S/C16H13N3O2S2/c1-11(13-8-5-9-22-13)17-18-16-19(14(20)10-23-16)15(21)12-6-3-2-4-7-12/h2-9H,10H2,1H3/b17-11-,18-16+. The van der Waals surface area contributed by atoms with Gasteiger partial charge in [0.1, 0.15) is 0 Å². The maximum absolute atomic E-state index is 12.5. The van der Waals surface area contributed by atoms with Crippen LogP contribution in [0.3, 0.4) is 0 Å². The number of nitrogens with zero attached hydrogens (tertiary/aromatic N) is 3. The number of carbonyl (C=O) groups is 2. The number of carbonyl (C=O) groups excluding carboxylic acids is 2.